The number of alkyl carbamates (subject to hydrolysis) is 1. The minimum atomic E-state index is -0.466. The van der Waals surface area contributed by atoms with E-state index in [1.54, 1.807) is 6.33 Å². The summed E-state index contributed by atoms with van der Waals surface area (Å²) in [6.07, 6.45) is 2.10. The molecule has 2 heterocycles. The van der Waals surface area contributed by atoms with E-state index in [1.165, 1.54) is 0 Å². The summed E-state index contributed by atoms with van der Waals surface area (Å²) in [5.74, 6) is 0.908. The van der Waals surface area contributed by atoms with Crippen molar-refractivity contribution in [2.45, 2.75) is 45.8 Å². The Kier molecular flexibility index (Phi) is 4.11. The number of hydrogen-bond acceptors (Lipinski definition) is 5. The van der Waals surface area contributed by atoms with Crippen molar-refractivity contribution in [1.82, 2.24) is 15.3 Å². The van der Waals surface area contributed by atoms with Gasteiger partial charge in [0.2, 0.25) is 0 Å². The summed E-state index contributed by atoms with van der Waals surface area (Å²) in [7, 11) is 0. The Labute approximate surface area is 119 Å². The molecule has 1 atom stereocenters. The lowest BCUT2D eigenvalue weighted by atomic mass is 10.2. The van der Waals surface area contributed by atoms with Crippen molar-refractivity contribution < 1.29 is 9.53 Å². The van der Waals surface area contributed by atoms with Gasteiger partial charge in [-0.2, -0.15) is 0 Å². The van der Waals surface area contributed by atoms with Gasteiger partial charge in [-0.05, 0) is 34.1 Å². The summed E-state index contributed by atoms with van der Waals surface area (Å²) < 4.78 is 5.27. The number of nitrogens with one attached hydrogen (secondary N) is 1. The predicted molar refractivity (Wildman–Crippen MR) is 76.8 cm³/mol. The number of rotatable bonds is 2. The van der Waals surface area contributed by atoms with E-state index < -0.39 is 5.60 Å². The average molecular weight is 278 g/mol. The molecule has 0 bridgehead atoms. The second-order valence-electron chi connectivity index (χ2n) is 6.10. The molecule has 1 unspecified atom stereocenters. The van der Waals surface area contributed by atoms with Gasteiger partial charge in [0.05, 0.1) is 6.04 Å². The fourth-order valence-electron chi connectivity index (χ4n) is 2.17. The largest absolute Gasteiger partial charge is 0.444 e. The summed E-state index contributed by atoms with van der Waals surface area (Å²) in [6.45, 7) is 9.13. The number of carbonyl (C=O) groups excluding carboxylic acids is 1. The third kappa shape index (κ3) is 4.08. The second kappa shape index (κ2) is 5.64. The summed E-state index contributed by atoms with van der Waals surface area (Å²) in [5, 5.41) is 2.90. The molecule has 20 heavy (non-hydrogen) atoms. The van der Waals surface area contributed by atoms with Gasteiger partial charge in [-0.15, -0.1) is 0 Å². The van der Waals surface area contributed by atoms with Crippen molar-refractivity contribution in [3.8, 4) is 0 Å². The number of amides is 1. The first kappa shape index (κ1) is 14.6. The molecule has 1 N–H and O–H groups in total. The summed E-state index contributed by atoms with van der Waals surface area (Å²) in [6, 6.07) is 2.05. The number of ether oxygens (including phenoxy) is 1. The Morgan fingerprint density at radius 3 is 2.85 bits per heavy atom. The van der Waals surface area contributed by atoms with Crippen LogP contribution in [-0.2, 0) is 4.74 Å². The SMILES string of the molecule is Cc1cc(N2CCC(NC(=O)OC(C)(C)C)C2)ncn1. The van der Waals surface area contributed by atoms with Crippen molar-refractivity contribution in [1.29, 1.82) is 0 Å². The highest BCUT2D eigenvalue weighted by Crippen LogP contribution is 2.18. The van der Waals surface area contributed by atoms with Crippen LogP contribution in [0.4, 0.5) is 10.6 Å². The summed E-state index contributed by atoms with van der Waals surface area (Å²) >= 11 is 0. The van der Waals surface area contributed by atoms with Crippen LogP contribution in [0.5, 0.6) is 0 Å². The Morgan fingerprint density at radius 1 is 1.45 bits per heavy atom. The summed E-state index contributed by atoms with van der Waals surface area (Å²) in [5.41, 5.74) is 0.477. The molecule has 1 aliphatic heterocycles. The Bertz CT molecular complexity index is 484. The Morgan fingerprint density at radius 2 is 2.20 bits per heavy atom. The van der Waals surface area contributed by atoms with Crippen molar-refractivity contribution in [3.63, 3.8) is 0 Å². The molecule has 0 radical (unpaired) electrons. The van der Waals surface area contributed by atoms with E-state index in [0.717, 1.165) is 31.0 Å². The van der Waals surface area contributed by atoms with Crippen LogP contribution in [0.1, 0.15) is 32.9 Å². The molecular formula is C14H22N4O2. The van der Waals surface area contributed by atoms with Gasteiger partial charge in [-0.25, -0.2) is 14.8 Å². The van der Waals surface area contributed by atoms with Crippen LogP contribution in [0.2, 0.25) is 0 Å². The van der Waals surface area contributed by atoms with Gasteiger partial charge in [0.25, 0.3) is 0 Å². The molecule has 0 aromatic carbocycles. The maximum atomic E-state index is 11.7. The molecule has 1 saturated heterocycles. The van der Waals surface area contributed by atoms with Gasteiger partial charge in [0.15, 0.2) is 0 Å². The second-order valence-corrected chi connectivity index (χ2v) is 6.10. The van der Waals surface area contributed by atoms with Crippen LogP contribution in [0.15, 0.2) is 12.4 Å². The molecule has 110 valence electrons. The lowest BCUT2D eigenvalue weighted by molar-refractivity contribution is 0.0509. The highest BCUT2D eigenvalue weighted by molar-refractivity contribution is 5.68. The molecule has 1 aromatic heterocycles. The maximum absolute atomic E-state index is 11.7. The minimum absolute atomic E-state index is 0.0973. The first-order valence-electron chi connectivity index (χ1n) is 6.86. The molecule has 0 saturated carbocycles. The number of aromatic nitrogens is 2. The van der Waals surface area contributed by atoms with E-state index >= 15 is 0 Å². The molecule has 1 aliphatic rings. The molecule has 1 fully saturated rings. The van der Waals surface area contributed by atoms with E-state index in [9.17, 15) is 4.79 Å². The standard InChI is InChI=1S/C14H22N4O2/c1-10-7-12(16-9-15-10)18-6-5-11(8-18)17-13(19)20-14(2,3)4/h7,9,11H,5-6,8H2,1-4H3,(H,17,19). The molecule has 0 aliphatic carbocycles. The number of carbonyl (C=O) groups is 1. The van der Waals surface area contributed by atoms with E-state index in [2.05, 4.69) is 20.2 Å². The van der Waals surface area contributed by atoms with Gasteiger partial charge < -0.3 is 15.0 Å². The highest BCUT2D eigenvalue weighted by atomic mass is 16.6. The Hall–Kier alpha value is -1.85. The van der Waals surface area contributed by atoms with Gasteiger partial charge in [0, 0.05) is 24.8 Å². The topological polar surface area (TPSA) is 67.4 Å². The van der Waals surface area contributed by atoms with Crippen LogP contribution in [0.25, 0.3) is 0 Å². The third-order valence-corrected chi connectivity index (χ3v) is 3.02. The van der Waals surface area contributed by atoms with E-state index in [4.69, 9.17) is 4.74 Å². The molecule has 0 spiro atoms. The highest BCUT2D eigenvalue weighted by Gasteiger charge is 2.26. The Balaban J connectivity index is 1.88. The van der Waals surface area contributed by atoms with Crippen molar-refractivity contribution in [2.24, 2.45) is 0 Å². The fourth-order valence-corrected chi connectivity index (χ4v) is 2.17. The fraction of sp³-hybridized carbons (Fsp3) is 0.643. The smallest absolute Gasteiger partial charge is 0.407 e. The van der Waals surface area contributed by atoms with Crippen molar-refractivity contribution >= 4 is 11.9 Å². The van der Waals surface area contributed by atoms with Gasteiger partial charge in [-0.3, -0.25) is 0 Å². The van der Waals surface area contributed by atoms with E-state index in [-0.39, 0.29) is 12.1 Å². The number of aryl methyl sites for hydroxylation is 1. The maximum Gasteiger partial charge on any atom is 0.407 e. The first-order chi connectivity index (χ1) is 9.33. The normalized spacial score (nSPS) is 19.0. The minimum Gasteiger partial charge on any atom is -0.444 e. The number of hydrogen-bond donors (Lipinski definition) is 1. The number of nitrogens with zero attached hydrogens (tertiary/aromatic N) is 3. The van der Waals surface area contributed by atoms with Crippen LogP contribution in [-0.4, -0.2) is 40.8 Å². The van der Waals surface area contributed by atoms with Gasteiger partial charge in [0.1, 0.15) is 17.7 Å². The molecule has 1 aromatic rings. The zero-order valence-corrected chi connectivity index (χ0v) is 12.5. The van der Waals surface area contributed by atoms with Crippen molar-refractivity contribution in [3.05, 3.63) is 18.1 Å². The first-order valence-corrected chi connectivity index (χ1v) is 6.86. The van der Waals surface area contributed by atoms with E-state index in [1.807, 2.05) is 33.8 Å². The molecule has 2 rings (SSSR count). The van der Waals surface area contributed by atoms with Gasteiger partial charge in [-0.1, -0.05) is 0 Å². The third-order valence-electron chi connectivity index (χ3n) is 3.02. The summed E-state index contributed by atoms with van der Waals surface area (Å²) in [4.78, 5) is 22.2. The zero-order chi connectivity index (χ0) is 14.8. The molecule has 6 nitrogen and oxygen atoms in total. The zero-order valence-electron chi connectivity index (χ0n) is 12.5. The van der Waals surface area contributed by atoms with Crippen molar-refractivity contribution in [2.75, 3.05) is 18.0 Å². The lowest BCUT2D eigenvalue weighted by Gasteiger charge is -2.22. The van der Waals surface area contributed by atoms with Crippen LogP contribution < -0.4 is 10.2 Å². The van der Waals surface area contributed by atoms with Crippen LogP contribution >= 0.6 is 0 Å². The monoisotopic (exact) mass is 278 g/mol. The van der Waals surface area contributed by atoms with E-state index in [0.29, 0.717) is 0 Å². The van der Waals surface area contributed by atoms with Gasteiger partial charge >= 0.3 is 6.09 Å². The molecule has 1 amide bonds. The van der Waals surface area contributed by atoms with Crippen LogP contribution in [0, 0.1) is 6.92 Å². The predicted octanol–water partition coefficient (Wildman–Crippen LogP) is 1.89. The van der Waals surface area contributed by atoms with Crippen LogP contribution in [0.3, 0.4) is 0 Å². The molecular weight excluding hydrogens is 256 g/mol. The quantitative estimate of drug-likeness (QED) is 0.894. The average Bonchev–Trinajstić information content (AvgIpc) is 2.74. The number of anilines is 1. The lowest BCUT2D eigenvalue weighted by Crippen LogP contribution is -2.40. The molecule has 6 heteroatoms.